The first-order valence-corrected chi connectivity index (χ1v) is 3.89. The molecule has 0 bridgehead atoms. The monoisotopic (exact) mass is 182 g/mol. The van der Waals surface area contributed by atoms with E-state index in [1.54, 1.807) is 18.2 Å². The van der Waals surface area contributed by atoms with E-state index in [0.29, 0.717) is 5.56 Å². The van der Waals surface area contributed by atoms with Gasteiger partial charge in [-0.05, 0) is 18.1 Å². The Morgan fingerprint density at radius 3 is 2.62 bits per heavy atom. The van der Waals surface area contributed by atoms with Crippen molar-refractivity contribution in [1.29, 1.82) is 0 Å². The Morgan fingerprint density at radius 2 is 2.08 bits per heavy atom. The van der Waals surface area contributed by atoms with Crippen LogP contribution in [-0.4, -0.2) is 11.9 Å². The van der Waals surface area contributed by atoms with Gasteiger partial charge in [0.1, 0.15) is 5.82 Å². The fraction of sp³-hybridized carbons (Fsp3) is 0.222. The summed E-state index contributed by atoms with van der Waals surface area (Å²) < 4.78 is 13.0. The molecule has 0 aliphatic heterocycles. The van der Waals surface area contributed by atoms with Gasteiger partial charge in [0.2, 0.25) is 5.91 Å². The number of carbonyl (C=O) groups excluding carboxylic acids is 1. The lowest BCUT2D eigenvalue weighted by atomic mass is 10.1. The normalized spacial score (nSPS) is 12.5. The Kier molecular flexibility index (Phi) is 2.97. The molecule has 0 saturated carbocycles. The first-order valence-electron chi connectivity index (χ1n) is 3.89. The van der Waals surface area contributed by atoms with Gasteiger partial charge < -0.3 is 11.5 Å². The number of hydrogen-bond acceptors (Lipinski definition) is 2. The van der Waals surface area contributed by atoms with E-state index in [4.69, 9.17) is 11.5 Å². The van der Waals surface area contributed by atoms with Gasteiger partial charge in [-0.1, -0.05) is 18.2 Å². The van der Waals surface area contributed by atoms with Crippen LogP contribution in [0.4, 0.5) is 4.39 Å². The van der Waals surface area contributed by atoms with Gasteiger partial charge in [-0.3, -0.25) is 4.79 Å². The first kappa shape index (κ1) is 9.67. The molecule has 70 valence electrons. The van der Waals surface area contributed by atoms with Gasteiger partial charge in [-0.2, -0.15) is 0 Å². The highest BCUT2D eigenvalue weighted by molar-refractivity contribution is 5.79. The minimum atomic E-state index is -0.822. The molecule has 0 heterocycles. The van der Waals surface area contributed by atoms with Crippen LogP contribution in [0.25, 0.3) is 0 Å². The zero-order valence-electron chi connectivity index (χ0n) is 7.03. The molecule has 0 aliphatic carbocycles. The molecule has 0 saturated heterocycles. The van der Waals surface area contributed by atoms with Crippen molar-refractivity contribution in [2.24, 2.45) is 11.5 Å². The van der Waals surface area contributed by atoms with E-state index in [-0.39, 0.29) is 12.2 Å². The van der Waals surface area contributed by atoms with Gasteiger partial charge in [0.05, 0.1) is 6.04 Å². The molecule has 0 fully saturated rings. The van der Waals surface area contributed by atoms with Crippen molar-refractivity contribution < 1.29 is 9.18 Å². The highest BCUT2D eigenvalue weighted by Gasteiger charge is 2.11. The summed E-state index contributed by atoms with van der Waals surface area (Å²) in [6.07, 6.45) is 0.141. The lowest BCUT2D eigenvalue weighted by Crippen LogP contribution is -2.38. The SMILES string of the molecule is NC(=O)[C@@H](N)Cc1ccccc1F. The molecule has 1 amide bonds. The lowest BCUT2D eigenvalue weighted by molar-refractivity contribution is -0.119. The molecule has 0 aliphatic rings. The summed E-state index contributed by atoms with van der Waals surface area (Å²) in [5.41, 5.74) is 10.7. The molecule has 1 atom stereocenters. The maximum absolute atomic E-state index is 13.0. The van der Waals surface area contributed by atoms with E-state index in [9.17, 15) is 9.18 Å². The Hall–Kier alpha value is -1.42. The van der Waals surface area contributed by atoms with Gasteiger partial charge in [0.25, 0.3) is 0 Å². The topological polar surface area (TPSA) is 69.1 Å². The van der Waals surface area contributed by atoms with E-state index < -0.39 is 11.9 Å². The fourth-order valence-electron chi connectivity index (χ4n) is 1.00. The van der Waals surface area contributed by atoms with Crippen LogP contribution in [0, 0.1) is 5.82 Å². The zero-order chi connectivity index (χ0) is 9.84. The number of amides is 1. The highest BCUT2D eigenvalue weighted by Crippen LogP contribution is 2.07. The molecule has 0 spiro atoms. The van der Waals surface area contributed by atoms with Gasteiger partial charge in [-0.25, -0.2) is 4.39 Å². The Labute approximate surface area is 75.5 Å². The summed E-state index contributed by atoms with van der Waals surface area (Å²) in [6.45, 7) is 0. The van der Waals surface area contributed by atoms with Crippen LogP contribution in [0.3, 0.4) is 0 Å². The summed E-state index contributed by atoms with van der Waals surface area (Å²) in [6, 6.07) is 5.35. The Morgan fingerprint density at radius 1 is 1.46 bits per heavy atom. The van der Waals surface area contributed by atoms with E-state index in [2.05, 4.69) is 0 Å². The van der Waals surface area contributed by atoms with Crippen LogP contribution in [0.2, 0.25) is 0 Å². The molecule has 13 heavy (non-hydrogen) atoms. The van der Waals surface area contributed by atoms with Crippen molar-refractivity contribution >= 4 is 5.91 Å². The second-order valence-electron chi connectivity index (χ2n) is 2.80. The summed E-state index contributed by atoms with van der Waals surface area (Å²) >= 11 is 0. The standard InChI is InChI=1S/C9H11FN2O/c10-7-4-2-1-3-6(7)5-8(11)9(12)13/h1-4,8H,5,11H2,(H2,12,13)/t8-/m0/s1. The van der Waals surface area contributed by atoms with Crippen molar-refractivity contribution in [3.05, 3.63) is 35.6 Å². The number of hydrogen-bond donors (Lipinski definition) is 2. The van der Waals surface area contributed by atoms with Gasteiger partial charge in [0.15, 0.2) is 0 Å². The summed E-state index contributed by atoms with van der Waals surface area (Å²) in [5.74, 6) is -0.984. The van der Waals surface area contributed by atoms with Crippen molar-refractivity contribution in [1.82, 2.24) is 0 Å². The molecular weight excluding hydrogens is 171 g/mol. The molecule has 1 aromatic rings. The van der Waals surface area contributed by atoms with Crippen LogP contribution >= 0.6 is 0 Å². The van der Waals surface area contributed by atoms with E-state index in [1.807, 2.05) is 0 Å². The lowest BCUT2D eigenvalue weighted by Gasteiger charge is -2.07. The van der Waals surface area contributed by atoms with Crippen molar-refractivity contribution in [2.45, 2.75) is 12.5 Å². The molecule has 1 rings (SSSR count). The average Bonchev–Trinajstić information content (AvgIpc) is 2.08. The molecular formula is C9H11FN2O. The predicted molar refractivity (Wildman–Crippen MR) is 47.3 cm³/mol. The molecule has 3 nitrogen and oxygen atoms in total. The van der Waals surface area contributed by atoms with Crippen LogP contribution in [-0.2, 0) is 11.2 Å². The number of rotatable bonds is 3. The molecule has 0 unspecified atom stereocenters. The summed E-state index contributed by atoms with van der Waals surface area (Å²) in [5, 5.41) is 0. The van der Waals surface area contributed by atoms with Crippen LogP contribution in [0.5, 0.6) is 0 Å². The first-order chi connectivity index (χ1) is 6.11. The van der Waals surface area contributed by atoms with E-state index in [1.165, 1.54) is 6.07 Å². The highest BCUT2D eigenvalue weighted by atomic mass is 19.1. The van der Waals surface area contributed by atoms with Crippen molar-refractivity contribution in [3.8, 4) is 0 Å². The van der Waals surface area contributed by atoms with Crippen LogP contribution < -0.4 is 11.5 Å². The maximum Gasteiger partial charge on any atom is 0.234 e. The maximum atomic E-state index is 13.0. The minimum absolute atomic E-state index is 0.141. The smallest absolute Gasteiger partial charge is 0.234 e. The second kappa shape index (κ2) is 4.00. The molecule has 4 heteroatoms. The number of halogens is 1. The number of carbonyl (C=O) groups is 1. The predicted octanol–water partition coefficient (Wildman–Crippen LogP) is 0.181. The second-order valence-corrected chi connectivity index (χ2v) is 2.80. The summed E-state index contributed by atoms with van der Waals surface area (Å²) in [7, 11) is 0. The molecule has 4 N–H and O–H groups in total. The van der Waals surface area contributed by atoms with Gasteiger partial charge in [0, 0.05) is 0 Å². The zero-order valence-corrected chi connectivity index (χ0v) is 7.03. The van der Waals surface area contributed by atoms with Crippen LogP contribution in [0.15, 0.2) is 24.3 Å². The van der Waals surface area contributed by atoms with Gasteiger partial charge in [-0.15, -0.1) is 0 Å². The quantitative estimate of drug-likeness (QED) is 0.700. The third kappa shape index (κ3) is 2.52. The molecule has 0 aromatic heterocycles. The number of benzene rings is 1. The third-order valence-electron chi connectivity index (χ3n) is 1.76. The number of primary amides is 1. The van der Waals surface area contributed by atoms with Crippen molar-refractivity contribution in [2.75, 3.05) is 0 Å². The van der Waals surface area contributed by atoms with Crippen LogP contribution in [0.1, 0.15) is 5.56 Å². The Bertz CT molecular complexity index is 314. The molecule has 1 aromatic carbocycles. The van der Waals surface area contributed by atoms with Crippen molar-refractivity contribution in [3.63, 3.8) is 0 Å². The van der Waals surface area contributed by atoms with E-state index >= 15 is 0 Å². The average molecular weight is 182 g/mol. The largest absolute Gasteiger partial charge is 0.368 e. The third-order valence-corrected chi connectivity index (χ3v) is 1.76. The summed E-state index contributed by atoms with van der Waals surface area (Å²) in [4.78, 5) is 10.6. The fourth-order valence-corrected chi connectivity index (χ4v) is 1.00. The Balaban J connectivity index is 2.74. The minimum Gasteiger partial charge on any atom is -0.368 e. The van der Waals surface area contributed by atoms with Gasteiger partial charge >= 0.3 is 0 Å². The number of nitrogens with two attached hydrogens (primary N) is 2. The van der Waals surface area contributed by atoms with E-state index in [0.717, 1.165) is 0 Å². The molecule has 0 radical (unpaired) electrons.